The second-order valence-corrected chi connectivity index (χ2v) is 7.85. The van der Waals surface area contributed by atoms with E-state index in [1.54, 1.807) is 10.7 Å². The van der Waals surface area contributed by atoms with Crippen molar-refractivity contribution in [2.45, 2.75) is 25.4 Å². The Labute approximate surface area is 163 Å². The number of likely N-dealkylation sites (N-methyl/N-ethyl adjacent to an activating group) is 1. The van der Waals surface area contributed by atoms with Gasteiger partial charge in [0.15, 0.2) is 11.6 Å². The molecule has 5 rings (SSSR count). The molecular weight excluding hydrogens is 356 g/mol. The third kappa shape index (κ3) is 3.24. The van der Waals surface area contributed by atoms with Crippen LogP contribution in [0.5, 0.6) is 5.75 Å². The van der Waals surface area contributed by atoms with Crippen molar-refractivity contribution in [1.29, 1.82) is 0 Å². The Hall–Kier alpha value is -2.87. The molecule has 4 heterocycles. The molecule has 146 valence electrons. The number of likely N-dealkylation sites (tertiary alicyclic amines) is 1. The molecule has 8 heteroatoms. The van der Waals surface area contributed by atoms with Crippen LogP contribution >= 0.6 is 0 Å². The van der Waals surface area contributed by atoms with E-state index >= 15 is 0 Å². The van der Waals surface area contributed by atoms with Crippen molar-refractivity contribution in [3.05, 3.63) is 30.6 Å². The van der Waals surface area contributed by atoms with E-state index < -0.39 is 0 Å². The number of aromatic nitrogens is 4. The fraction of sp³-hybridized carbons (Fsp3) is 0.450. The van der Waals surface area contributed by atoms with Gasteiger partial charge in [-0.2, -0.15) is 10.2 Å². The third-order valence-corrected chi connectivity index (χ3v) is 5.48. The number of fused-ring (bicyclic) bond motifs is 1. The van der Waals surface area contributed by atoms with E-state index in [9.17, 15) is 4.79 Å². The van der Waals surface area contributed by atoms with Crippen LogP contribution in [-0.4, -0.2) is 56.4 Å². The fourth-order valence-electron chi connectivity index (χ4n) is 3.78. The summed E-state index contributed by atoms with van der Waals surface area (Å²) in [7, 11) is 4.03. The number of ether oxygens (including phenoxy) is 1. The normalized spacial score (nSPS) is 20.0. The number of aryl methyl sites for hydroxylation is 1. The van der Waals surface area contributed by atoms with Crippen LogP contribution < -0.4 is 10.1 Å². The summed E-state index contributed by atoms with van der Waals surface area (Å²) < 4.78 is 9.86. The lowest BCUT2D eigenvalue weighted by atomic mass is 10.1. The Morgan fingerprint density at radius 2 is 2.11 bits per heavy atom. The van der Waals surface area contributed by atoms with Crippen LogP contribution in [0.15, 0.2) is 30.6 Å². The molecule has 2 fully saturated rings. The second-order valence-electron chi connectivity index (χ2n) is 7.85. The van der Waals surface area contributed by atoms with Crippen molar-refractivity contribution in [2.75, 3.05) is 25.5 Å². The average molecular weight is 380 g/mol. The van der Waals surface area contributed by atoms with Gasteiger partial charge < -0.3 is 15.0 Å². The molecule has 3 aromatic heterocycles. The van der Waals surface area contributed by atoms with Crippen molar-refractivity contribution in [1.82, 2.24) is 24.3 Å². The van der Waals surface area contributed by atoms with Crippen LogP contribution in [0.2, 0.25) is 0 Å². The third-order valence-electron chi connectivity index (χ3n) is 5.48. The minimum absolute atomic E-state index is 0.0625. The van der Waals surface area contributed by atoms with Gasteiger partial charge in [-0.15, -0.1) is 0 Å². The summed E-state index contributed by atoms with van der Waals surface area (Å²) in [5.41, 5.74) is 2.87. The molecule has 0 aromatic carbocycles. The standard InChI is InChI=1S/C20H24N6O2/c1-24-7-6-16(12-24)28-17-11-21-25(2)19(17)14-5-8-26-15(9-14)10-18(23-26)22-20(27)13-3-4-13/h5,8-11,13,16H,3-4,6-7,12H2,1-2H3,(H,22,23,27)/t16-/m1/s1. The van der Waals surface area contributed by atoms with E-state index in [1.165, 1.54) is 0 Å². The molecule has 1 saturated heterocycles. The maximum absolute atomic E-state index is 12.0. The molecule has 0 unspecified atom stereocenters. The summed E-state index contributed by atoms with van der Waals surface area (Å²) in [5.74, 6) is 1.61. The molecule has 2 aliphatic rings. The van der Waals surface area contributed by atoms with Crippen LogP contribution in [0.3, 0.4) is 0 Å². The Morgan fingerprint density at radius 1 is 1.25 bits per heavy atom. The molecule has 1 N–H and O–H groups in total. The van der Waals surface area contributed by atoms with Crippen LogP contribution in [0.4, 0.5) is 5.82 Å². The van der Waals surface area contributed by atoms with Gasteiger partial charge in [0.25, 0.3) is 0 Å². The van der Waals surface area contributed by atoms with Gasteiger partial charge in [-0.1, -0.05) is 0 Å². The van der Waals surface area contributed by atoms with Gasteiger partial charge in [0, 0.05) is 43.9 Å². The quantitative estimate of drug-likeness (QED) is 0.734. The number of nitrogens with zero attached hydrogens (tertiary/aromatic N) is 5. The number of rotatable bonds is 5. The van der Waals surface area contributed by atoms with Gasteiger partial charge in [-0.05, 0) is 38.4 Å². The Kier molecular flexibility index (Phi) is 4.08. The van der Waals surface area contributed by atoms with Crippen LogP contribution in [0.25, 0.3) is 16.8 Å². The molecule has 8 nitrogen and oxygen atoms in total. The number of anilines is 1. The highest BCUT2D eigenvalue weighted by Gasteiger charge is 2.30. The number of pyridine rings is 1. The van der Waals surface area contributed by atoms with Crippen molar-refractivity contribution in [3.8, 4) is 17.0 Å². The molecule has 0 bridgehead atoms. The maximum Gasteiger partial charge on any atom is 0.228 e. The van der Waals surface area contributed by atoms with Gasteiger partial charge in [0.2, 0.25) is 5.91 Å². The highest BCUT2D eigenvalue weighted by atomic mass is 16.5. The molecule has 3 aromatic rings. The van der Waals surface area contributed by atoms with E-state index in [-0.39, 0.29) is 17.9 Å². The number of nitrogens with one attached hydrogen (secondary N) is 1. The first-order valence-electron chi connectivity index (χ1n) is 9.75. The number of hydrogen-bond donors (Lipinski definition) is 1. The van der Waals surface area contributed by atoms with Gasteiger partial charge in [-0.3, -0.25) is 9.48 Å². The van der Waals surface area contributed by atoms with Crippen LogP contribution in [-0.2, 0) is 11.8 Å². The molecular formula is C20H24N6O2. The number of carbonyl (C=O) groups excluding carboxylic acids is 1. The maximum atomic E-state index is 12.0. The van der Waals surface area contributed by atoms with E-state index in [0.717, 1.165) is 54.9 Å². The number of amides is 1. The molecule has 1 aliphatic heterocycles. The zero-order valence-corrected chi connectivity index (χ0v) is 16.1. The Balaban J connectivity index is 1.42. The highest BCUT2D eigenvalue weighted by molar-refractivity contribution is 5.93. The minimum atomic E-state index is 0.0625. The van der Waals surface area contributed by atoms with Gasteiger partial charge in [-0.25, -0.2) is 4.52 Å². The lowest BCUT2D eigenvalue weighted by Crippen LogP contribution is -2.21. The molecule has 0 spiro atoms. The number of carbonyl (C=O) groups is 1. The summed E-state index contributed by atoms with van der Waals surface area (Å²) in [5, 5.41) is 11.8. The zero-order valence-electron chi connectivity index (χ0n) is 16.1. The smallest absolute Gasteiger partial charge is 0.228 e. The summed E-state index contributed by atoms with van der Waals surface area (Å²) in [6.45, 7) is 1.98. The predicted molar refractivity (Wildman–Crippen MR) is 105 cm³/mol. The molecule has 0 radical (unpaired) electrons. The first-order valence-corrected chi connectivity index (χ1v) is 9.75. The van der Waals surface area contributed by atoms with Crippen molar-refractivity contribution >= 4 is 17.2 Å². The minimum Gasteiger partial charge on any atom is -0.485 e. The molecule has 28 heavy (non-hydrogen) atoms. The zero-order chi connectivity index (χ0) is 19.3. The van der Waals surface area contributed by atoms with E-state index in [4.69, 9.17) is 4.74 Å². The van der Waals surface area contributed by atoms with E-state index in [2.05, 4.69) is 27.5 Å². The van der Waals surface area contributed by atoms with Crippen molar-refractivity contribution in [2.24, 2.45) is 13.0 Å². The summed E-state index contributed by atoms with van der Waals surface area (Å²) in [6, 6.07) is 5.94. The summed E-state index contributed by atoms with van der Waals surface area (Å²) >= 11 is 0. The van der Waals surface area contributed by atoms with E-state index in [1.807, 2.05) is 36.1 Å². The van der Waals surface area contributed by atoms with Crippen LogP contribution in [0.1, 0.15) is 19.3 Å². The highest BCUT2D eigenvalue weighted by Crippen LogP contribution is 2.33. The monoisotopic (exact) mass is 380 g/mol. The fourth-order valence-corrected chi connectivity index (χ4v) is 3.78. The Morgan fingerprint density at radius 3 is 2.86 bits per heavy atom. The average Bonchev–Trinajstić information content (AvgIpc) is 3.19. The Bertz CT molecular complexity index is 1030. The second kappa shape index (κ2) is 6.63. The largest absolute Gasteiger partial charge is 0.485 e. The van der Waals surface area contributed by atoms with Crippen molar-refractivity contribution < 1.29 is 9.53 Å². The van der Waals surface area contributed by atoms with Gasteiger partial charge >= 0.3 is 0 Å². The molecule has 1 amide bonds. The topological polar surface area (TPSA) is 76.7 Å². The van der Waals surface area contributed by atoms with Gasteiger partial charge in [0.05, 0.1) is 11.7 Å². The molecule has 1 aliphatic carbocycles. The SMILES string of the molecule is CN1CC[C@@H](Oc2cnn(C)c2-c2ccn3nc(NC(=O)C4CC4)cc3c2)C1. The van der Waals surface area contributed by atoms with E-state index in [0.29, 0.717) is 5.82 Å². The van der Waals surface area contributed by atoms with Gasteiger partial charge in [0.1, 0.15) is 11.8 Å². The molecule has 1 saturated carbocycles. The first-order chi connectivity index (χ1) is 13.6. The lowest BCUT2D eigenvalue weighted by molar-refractivity contribution is -0.117. The summed E-state index contributed by atoms with van der Waals surface area (Å²) in [4.78, 5) is 14.3. The lowest BCUT2D eigenvalue weighted by Gasteiger charge is -2.14. The molecule has 1 atom stereocenters. The van der Waals surface area contributed by atoms with Crippen LogP contribution in [0, 0.1) is 5.92 Å². The first kappa shape index (κ1) is 17.2. The predicted octanol–water partition coefficient (Wildman–Crippen LogP) is 2.17. The van der Waals surface area contributed by atoms with Crippen molar-refractivity contribution in [3.63, 3.8) is 0 Å². The number of hydrogen-bond acceptors (Lipinski definition) is 5. The summed E-state index contributed by atoms with van der Waals surface area (Å²) in [6.07, 6.45) is 6.85.